The number of amides is 1. The van der Waals surface area contributed by atoms with E-state index >= 15 is 0 Å². The maximum absolute atomic E-state index is 11.8. The van der Waals surface area contributed by atoms with Crippen LogP contribution in [0.2, 0.25) is 0 Å². The van der Waals surface area contributed by atoms with E-state index in [-0.39, 0.29) is 12.2 Å². The fourth-order valence-corrected chi connectivity index (χ4v) is 2.13. The highest BCUT2D eigenvalue weighted by Gasteiger charge is 2.24. The molecule has 1 amide bonds. The molecule has 0 radical (unpaired) electrons. The second kappa shape index (κ2) is 5.87. The van der Waals surface area contributed by atoms with E-state index in [1.165, 1.54) is 0 Å². The number of carbonyl (C=O) groups is 1. The summed E-state index contributed by atoms with van der Waals surface area (Å²) >= 11 is 0. The Labute approximate surface area is 108 Å². The number of nitrogens with one attached hydrogen (secondary N) is 2. The molecular weight excluding hydrogens is 228 g/mol. The molecule has 2 N–H and O–H groups in total. The second-order valence-corrected chi connectivity index (χ2v) is 4.91. The van der Waals surface area contributed by atoms with E-state index < -0.39 is 0 Å². The average Bonchev–Trinajstić information content (AvgIpc) is 2.32. The van der Waals surface area contributed by atoms with Gasteiger partial charge in [-0.25, -0.2) is 4.79 Å². The summed E-state index contributed by atoms with van der Waals surface area (Å²) in [6.45, 7) is 5.85. The third-order valence-corrected chi connectivity index (χ3v) is 3.28. The van der Waals surface area contributed by atoms with Gasteiger partial charge in [0.05, 0.1) is 0 Å². The molecule has 0 saturated carbocycles. The van der Waals surface area contributed by atoms with Gasteiger partial charge in [0.1, 0.15) is 6.10 Å². The number of benzene rings is 1. The van der Waals surface area contributed by atoms with Crippen LogP contribution in [-0.4, -0.2) is 25.3 Å². The van der Waals surface area contributed by atoms with Gasteiger partial charge in [0.25, 0.3) is 0 Å². The standard InChI is InChI=1S/C14H20N2O2/c1-10-4-3-5-12(8-10)16-14(17)18-13-9-15-7-6-11(13)2/h3-5,8,11,13,15H,6-7,9H2,1-2H3,(H,16,17). The number of ether oxygens (including phenoxy) is 1. The van der Waals surface area contributed by atoms with Crippen LogP contribution in [0.1, 0.15) is 18.9 Å². The van der Waals surface area contributed by atoms with Crippen LogP contribution in [0.4, 0.5) is 10.5 Å². The van der Waals surface area contributed by atoms with Crippen molar-refractivity contribution in [1.29, 1.82) is 0 Å². The van der Waals surface area contributed by atoms with E-state index in [1.54, 1.807) is 0 Å². The second-order valence-electron chi connectivity index (χ2n) is 4.91. The van der Waals surface area contributed by atoms with Gasteiger partial charge in [0.15, 0.2) is 0 Å². The van der Waals surface area contributed by atoms with Crippen LogP contribution in [0.5, 0.6) is 0 Å². The van der Waals surface area contributed by atoms with Crippen molar-refractivity contribution in [3.63, 3.8) is 0 Å². The molecule has 1 aliphatic rings. The molecule has 1 aromatic rings. The van der Waals surface area contributed by atoms with Gasteiger partial charge in [-0.15, -0.1) is 0 Å². The van der Waals surface area contributed by atoms with E-state index in [0.717, 1.165) is 30.8 Å². The van der Waals surface area contributed by atoms with E-state index in [1.807, 2.05) is 31.2 Å². The van der Waals surface area contributed by atoms with Gasteiger partial charge in [-0.05, 0) is 43.5 Å². The highest BCUT2D eigenvalue weighted by molar-refractivity contribution is 5.84. The summed E-state index contributed by atoms with van der Waals surface area (Å²) in [5.74, 6) is 0.412. The molecule has 2 rings (SSSR count). The molecular formula is C14H20N2O2. The van der Waals surface area contributed by atoms with Gasteiger partial charge in [-0.3, -0.25) is 5.32 Å². The molecule has 4 nitrogen and oxygen atoms in total. The summed E-state index contributed by atoms with van der Waals surface area (Å²) < 4.78 is 5.43. The smallest absolute Gasteiger partial charge is 0.411 e. The maximum atomic E-state index is 11.8. The van der Waals surface area contributed by atoms with Gasteiger partial charge >= 0.3 is 6.09 Å². The molecule has 2 atom stereocenters. The highest BCUT2D eigenvalue weighted by atomic mass is 16.6. The van der Waals surface area contributed by atoms with Crippen molar-refractivity contribution in [2.75, 3.05) is 18.4 Å². The first-order chi connectivity index (χ1) is 8.65. The lowest BCUT2D eigenvalue weighted by atomic mass is 9.97. The van der Waals surface area contributed by atoms with Crippen molar-refractivity contribution in [2.24, 2.45) is 5.92 Å². The van der Waals surface area contributed by atoms with Crippen LogP contribution < -0.4 is 10.6 Å². The predicted octanol–water partition coefficient (Wildman–Crippen LogP) is 2.54. The van der Waals surface area contributed by atoms with Crippen LogP contribution in [0.15, 0.2) is 24.3 Å². The predicted molar refractivity (Wildman–Crippen MR) is 71.7 cm³/mol. The molecule has 4 heteroatoms. The normalized spacial score (nSPS) is 23.4. The fourth-order valence-electron chi connectivity index (χ4n) is 2.13. The Morgan fingerprint density at radius 3 is 3.06 bits per heavy atom. The lowest BCUT2D eigenvalue weighted by molar-refractivity contribution is 0.0614. The Bertz CT molecular complexity index is 420. The molecule has 1 heterocycles. The maximum Gasteiger partial charge on any atom is 0.411 e. The molecule has 98 valence electrons. The zero-order valence-corrected chi connectivity index (χ0v) is 10.9. The summed E-state index contributed by atoms with van der Waals surface area (Å²) in [6.07, 6.45) is 0.632. The molecule has 2 unspecified atom stereocenters. The van der Waals surface area contributed by atoms with Gasteiger partial charge < -0.3 is 10.1 Å². The SMILES string of the molecule is Cc1cccc(NC(=O)OC2CNCCC2C)c1. The Morgan fingerprint density at radius 2 is 2.33 bits per heavy atom. The van der Waals surface area contributed by atoms with Crippen molar-refractivity contribution >= 4 is 11.8 Å². The van der Waals surface area contributed by atoms with E-state index in [0.29, 0.717) is 5.92 Å². The largest absolute Gasteiger partial charge is 0.444 e. The fraction of sp³-hybridized carbons (Fsp3) is 0.500. The van der Waals surface area contributed by atoms with E-state index in [9.17, 15) is 4.79 Å². The van der Waals surface area contributed by atoms with Crippen LogP contribution in [0.25, 0.3) is 0 Å². The number of hydrogen-bond donors (Lipinski definition) is 2. The van der Waals surface area contributed by atoms with Crippen LogP contribution in [0.3, 0.4) is 0 Å². The number of rotatable bonds is 2. The number of hydrogen-bond acceptors (Lipinski definition) is 3. The summed E-state index contributed by atoms with van der Waals surface area (Å²) in [5, 5.41) is 6.00. The monoisotopic (exact) mass is 248 g/mol. The number of carbonyl (C=O) groups excluding carboxylic acids is 1. The summed E-state index contributed by atoms with van der Waals surface area (Å²) in [4.78, 5) is 11.8. The zero-order valence-electron chi connectivity index (χ0n) is 10.9. The average molecular weight is 248 g/mol. The van der Waals surface area contributed by atoms with Gasteiger partial charge in [0.2, 0.25) is 0 Å². The first-order valence-electron chi connectivity index (χ1n) is 6.40. The Kier molecular flexibility index (Phi) is 4.20. The Hall–Kier alpha value is -1.55. The lowest BCUT2D eigenvalue weighted by Gasteiger charge is -2.29. The molecule has 1 aliphatic heterocycles. The number of anilines is 1. The molecule has 1 saturated heterocycles. The minimum absolute atomic E-state index is 0.0384. The van der Waals surface area contributed by atoms with Crippen molar-refractivity contribution in [2.45, 2.75) is 26.4 Å². The third-order valence-electron chi connectivity index (χ3n) is 3.28. The zero-order chi connectivity index (χ0) is 13.0. The van der Waals surface area contributed by atoms with Crippen LogP contribution >= 0.6 is 0 Å². The summed E-state index contributed by atoms with van der Waals surface area (Å²) in [6, 6.07) is 7.68. The van der Waals surface area contributed by atoms with Crippen molar-refractivity contribution < 1.29 is 9.53 Å². The molecule has 1 fully saturated rings. The summed E-state index contributed by atoms with van der Waals surface area (Å²) in [5.41, 5.74) is 1.89. The van der Waals surface area contributed by atoms with E-state index in [4.69, 9.17) is 4.74 Å². The molecule has 0 aliphatic carbocycles. The first kappa shape index (κ1) is 12.9. The lowest BCUT2D eigenvalue weighted by Crippen LogP contribution is -2.42. The molecule has 1 aromatic carbocycles. The topological polar surface area (TPSA) is 50.4 Å². The molecule has 0 bridgehead atoms. The minimum atomic E-state index is -0.374. The summed E-state index contributed by atoms with van der Waals surface area (Å²) in [7, 11) is 0. The molecule has 18 heavy (non-hydrogen) atoms. The number of piperidine rings is 1. The Morgan fingerprint density at radius 1 is 1.50 bits per heavy atom. The van der Waals surface area contributed by atoms with Crippen molar-refractivity contribution in [3.05, 3.63) is 29.8 Å². The van der Waals surface area contributed by atoms with Gasteiger partial charge in [0, 0.05) is 12.2 Å². The first-order valence-corrected chi connectivity index (χ1v) is 6.40. The quantitative estimate of drug-likeness (QED) is 0.845. The molecule has 0 spiro atoms. The third kappa shape index (κ3) is 3.47. The number of aryl methyl sites for hydroxylation is 1. The molecule has 0 aromatic heterocycles. The van der Waals surface area contributed by atoms with Crippen LogP contribution in [-0.2, 0) is 4.74 Å². The van der Waals surface area contributed by atoms with Crippen molar-refractivity contribution in [3.8, 4) is 0 Å². The van der Waals surface area contributed by atoms with Crippen LogP contribution in [0, 0.1) is 12.8 Å². The van der Waals surface area contributed by atoms with Gasteiger partial charge in [-0.1, -0.05) is 19.1 Å². The Balaban J connectivity index is 1.88. The van der Waals surface area contributed by atoms with E-state index in [2.05, 4.69) is 17.6 Å². The van der Waals surface area contributed by atoms with Gasteiger partial charge in [-0.2, -0.15) is 0 Å². The highest BCUT2D eigenvalue weighted by Crippen LogP contribution is 2.16. The minimum Gasteiger partial charge on any atom is -0.444 e. The van der Waals surface area contributed by atoms with Crippen molar-refractivity contribution in [1.82, 2.24) is 5.32 Å².